The summed E-state index contributed by atoms with van der Waals surface area (Å²) in [5, 5.41) is 1.27. The van der Waals surface area contributed by atoms with Crippen molar-refractivity contribution in [3.05, 3.63) is 42.1 Å². The van der Waals surface area contributed by atoms with Crippen molar-refractivity contribution in [2.75, 3.05) is 0 Å². The molecule has 0 unspecified atom stereocenters. The molecule has 72 valence electrons. The first-order chi connectivity index (χ1) is 6.75. The van der Waals surface area contributed by atoms with Crippen molar-refractivity contribution < 1.29 is 0 Å². The van der Waals surface area contributed by atoms with Gasteiger partial charge in [-0.1, -0.05) is 32.1 Å². The summed E-state index contributed by atoms with van der Waals surface area (Å²) in [6.07, 6.45) is 6.37. The van der Waals surface area contributed by atoms with Crippen molar-refractivity contribution in [2.45, 2.75) is 13.8 Å². The SMILES string of the molecule is CC(C)/C=C\c1ccc2[nH]ccc2c1. The van der Waals surface area contributed by atoms with E-state index in [4.69, 9.17) is 0 Å². The summed E-state index contributed by atoms with van der Waals surface area (Å²) in [6, 6.07) is 8.56. The van der Waals surface area contributed by atoms with E-state index in [1.807, 2.05) is 6.20 Å². The van der Waals surface area contributed by atoms with Crippen molar-refractivity contribution in [3.63, 3.8) is 0 Å². The van der Waals surface area contributed by atoms with Crippen LogP contribution in [0, 0.1) is 5.92 Å². The number of nitrogens with one attached hydrogen (secondary N) is 1. The van der Waals surface area contributed by atoms with Gasteiger partial charge in [-0.15, -0.1) is 0 Å². The lowest BCUT2D eigenvalue weighted by molar-refractivity contribution is 0.836. The average Bonchev–Trinajstić information content (AvgIpc) is 2.61. The van der Waals surface area contributed by atoms with Crippen LogP contribution in [0.1, 0.15) is 19.4 Å². The molecule has 0 radical (unpaired) electrons. The summed E-state index contributed by atoms with van der Waals surface area (Å²) in [5.41, 5.74) is 2.47. The Hall–Kier alpha value is -1.50. The first kappa shape index (κ1) is 9.07. The van der Waals surface area contributed by atoms with Gasteiger partial charge in [0.2, 0.25) is 0 Å². The summed E-state index contributed by atoms with van der Waals surface area (Å²) in [4.78, 5) is 3.19. The number of hydrogen-bond acceptors (Lipinski definition) is 0. The zero-order valence-corrected chi connectivity index (χ0v) is 8.62. The summed E-state index contributed by atoms with van der Waals surface area (Å²) in [6.45, 7) is 4.37. The maximum absolute atomic E-state index is 3.19. The maximum Gasteiger partial charge on any atom is 0.0454 e. The van der Waals surface area contributed by atoms with E-state index in [0.717, 1.165) is 0 Å². The van der Waals surface area contributed by atoms with Gasteiger partial charge >= 0.3 is 0 Å². The van der Waals surface area contributed by atoms with Gasteiger partial charge in [0.1, 0.15) is 0 Å². The summed E-state index contributed by atoms with van der Waals surface area (Å²) < 4.78 is 0. The fourth-order valence-corrected chi connectivity index (χ4v) is 1.48. The molecule has 0 fully saturated rings. The zero-order valence-electron chi connectivity index (χ0n) is 8.62. The highest BCUT2D eigenvalue weighted by molar-refractivity contribution is 5.81. The third-order valence-corrected chi connectivity index (χ3v) is 2.25. The monoisotopic (exact) mass is 185 g/mol. The van der Waals surface area contributed by atoms with E-state index >= 15 is 0 Å². The van der Waals surface area contributed by atoms with Gasteiger partial charge in [-0.2, -0.15) is 0 Å². The molecule has 1 nitrogen and oxygen atoms in total. The van der Waals surface area contributed by atoms with E-state index in [9.17, 15) is 0 Å². The molecule has 0 aliphatic heterocycles. The van der Waals surface area contributed by atoms with E-state index in [2.05, 4.69) is 55.2 Å². The first-order valence-electron chi connectivity index (χ1n) is 5.01. The molecule has 0 saturated heterocycles. The van der Waals surface area contributed by atoms with E-state index in [1.54, 1.807) is 0 Å². The quantitative estimate of drug-likeness (QED) is 0.731. The molecule has 14 heavy (non-hydrogen) atoms. The van der Waals surface area contributed by atoms with E-state index in [0.29, 0.717) is 5.92 Å². The Kier molecular flexibility index (Phi) is 2.40. The van der Waals surface area contributed by atoms with Gasteiger partial charge in [-0.3, -0.25) is 0 Å². The molecule has 0 aliphatic carbocycles. The van der Waals surface area contributed by atoms with Crippen molar-refractivity contribution >= 4 is 17.0 Å². The van der Waals surface area contributed by atoms with E-state index < -0.39 is 0 Å². The molecule has 1 N–H and O–H groups in total. The number of aromatic amines is 1. The Labute approximate surface area is 84.5 Å². The Morgan fingerprint density at radius 2 is 2.07 bits per heavy atom. The first-order valence-corrected chi connectivity index (χ1v) is 5.01. The van der Waals surface area contributed by atoms with Crippen LogP contribution >= 0.6 is 0 Å². The van der Waals surface area contributed by atoms with Crippen LogP contribution in [0.5, 0.6) is 0 Å². The predicted molar refractivity (Wildman–Crippen MR) is 62.2 cm³/mol. The number of fused-ring (bicyclic) bond motifs is 1. The van der Waals surface area contributed by atoms with E-state index in [-0.39, 0.29) is 0 Å². The molecule has 0 amide bonds. The highest BCUT2D eigenvalue weighted by Gasteiger charge is 1.94. The van der Waals surface area contributed by atoms with Crippen molar-refractivity contribution in [1.82, 2.24) is 4.98 Å². The lowest BCUT2D eigenvalue weighted by Gasteiger charge is -1.96. The molecule has 0 spiro atoms. The van der Waals surface area contributed by atoms with Crippen LogP contribution in [-0.4, -0.2) is 4.98 Å². The van der Waals surface area contributed by atoms with Crippen molar-refractivity contribution in [3.8, 4) is 0 Å². The van der Waals surface area contributed by atoms with Crippen molar-refractivity contribution in [2.24, 2.45) is 5.92 Å². The van der Waals surface area contributed by atoms with Crippen molar-refractivity contribution in [1.29, 1.82) is 0 Å². The van der Waals surface area contributed by atoms with Gasteiger partial charge in [-0.05, 0) is 35.1 Å². The smallest absolute Gasteiger partial charge is 0.0454 e. The fourth-order valence-electron chi connectivity index (χ4n) is 1.48. The largest absolute Gasteiger partial charge is 0.361 e. The predicted octanol–water partition coefficient (Wildman–Crippen LogP) is 3.84. The third kappa shape index (κ3) is 1.87. The van der Waals surface area contributed by atoms with Crippen LogP contribution in [0.15, 0.2) is 36.5 Å². The lowest BCUT2D eigenvalue weighted by atomic mass is 10.1. The van der Waals surface area contributed by atoms with Crippen LogP contribution in [0.3, 0.4) is 0 Å². The Morgan fingerprint density at radius 3 is 2.86 bits per heavy atom. The summed E-state index contributed by atoms with van der Waals surface area (Å²) >= 11 is 0. The minimum Gasteiger partial charge on any atom is -0.361 e. The second-order valence-electron chi connectivity index (χ2n) is 3.93. The molecular formula is C13H15N. The topological polar surface area (TPSA) is 15.8 Å². The molecule has 0 bridgehead atoms. The normalized spacial score (nSPS) is 11.9. The van der Waals surface area contributed by atoms with Crippen LogP contribution in [0.25, 0.3) is 17.0 Å². The minimum atomic E-state index is 0.608. The number of allylic oxidation sites excluding steroid dienone is 1. The molecule has 0 aliphatic rings. The summed E-state index contributed by atoms with van der Waals surface area (Å²) in [5.74, 6) is 0.608. The third-order valence-electron chi connectivity index (χ3n) is 2.25. The molecule has 1 aromatic carbocycles. The van der Waals surface area contributed by atoms with Gasteiger partial charge in [0.25, 0.3) is 0 Å². The highest BCUT2D eigenvalue weighted by Crippen LogP contribution is 2.15. The molecule has 1 heterocycles. The van der Waals surface area contributed by atoms with E-state index in [1.165, 1.54) is 16.5 Å². The van der Waals surface area contributed by atoms with Gasteiger partial charge in [0.05, 0.1) is 0 Å². The lowest BCUT2D eigenvalue weighted by Crippen LogP contribution is -1.78. The van der Waals surface area contributed by atoms with Crippen LogP contribution < -0.4 is 0 Å². The Bertz CT molecular complexity index is 449. The molecular weight excluding hydrogens is 170 g/mol. The van der Waals surface area contributed by atoms with Gasteiger partial charge < -0.3 is 4.98 Å². The minimum absolute atomic E-state index is 0.608. The van der Waals surface area contributed by atoms with Crippen LogP contribution in [0.2, 0.25) is 0 Å². The molecule has 2 aromatic rings. The number of rotatable bonds is 2. The molecule has 0 atom stereocenters. The number of hydrogen-bond donors (Lipinski definition) is 1. The Balaban J connectivity index is 2.34. The number of benzene rings is 1. The zero-order chi connectivity index (χ0) is 9.97. The van der Waals surface area contributed by atoms with Gasteiger partial charge in [0.15, 0.2) is 0 Å². The van der Waals surface area contributed by atoms with Gasteiger partial charge in [-0.25, -0.2) is 0 Å². The average molecular weight is 185 g/mol. The fraction of sp³-hybridized carbons (Fsp3) is 0.231. The number of aromatic nitrogens is 1. The maximum atomic E-state index is 3.19. The highest BCUT2D eigenvalue weighted by atomic mass is 14.7. The standard InChI is InChI=1S/C13H15N/c1-10(2)3-4-11-5-6-13-12(9-11)7-8-14-13/h3-10,14H,1-2H3/b4-3-. The molecule has 0 saturated carbocycles. The van der Waals surface area contributed by atoms with Gasteiger partial charge in [0, 0.05) is 11.7 Å². The molecule has 2 rings (SSSR count). The van der Waals surface area contributed by atoms with Crippen LogP contribution in [-0.2, 0) is 0 Å². The number of H-pyrrole nitrogens is 1. The second-order valence-corrected chi connectivity index (χ2v) is 3.93. The Morgan fingerprint density at radius 1 is 1.21 bits per heavy atom. The summed E-state index contributed by atoms with van der Waals surface area (Å²) in [7, 11) is 0. The molecule has 1 heteroatoms. The molecule has 1 aromatic heterocycles. The second kappa shape index (κ2) is 3.70. The van der Waals surface area contributed by atoms with Crippen LogP contribution in [0.4, 0.5) is 0 Å².